The number of aryl methyl sites for hydroxylation is 1. The van der Waals surface area contributed by atoms with Crippen molar-refractivity contribution < 1.29 is 14.3 Å². The number of nitrogens with one attached hydrogen (secondary N) is 2. The number of carbonyl (C=O) groups excluding carboxylic acids is 2. The molecule has 0 saturated heterocycles. The molecule has 9 heteroatoms. The van der Waals surface area contributed by atoms with Crippen LogP contribution in [0, 0.1) is 12.8 Å². The first-order valence-electron chi connectivity index (χ1n) is 9.64. The van der Waals surface area contributed by atoms with Gasteiger partial charge < -0.3 is 10.1 Å². The Hall–Kier alpha value is -2.78. The lowest BCUT2D eigenvalue weighted by molar-refractivity contribution is -0.120. The number of thiazole rings is 2. The van der Waals surface area contributed by atoms with E-state index in [1.165, 1.54) is 22.7 Å². The molecule has 0 aliphatic rings. The molecule has 0 aliphatic carbocycles. The number of amides is 2. The first kappa shape index (κ1) is 21.9. The van der Waals surface area contributed by atoms with Crippen LogP contribution in [0.4, 0.5) is 10.3 Å². The van der Waals surface area contributed by atoms with Crippen LogP contribution in [0.3, 0.4) is 0 Å². The maximum Gasteiger partial charge on any atom is 0.257 e. The van der Waals surface area contributed by atoms with Crippen molar-refractivity contribution in [1.82, 2.24) is 9.97 Å². The van der Waals surface area contributed by atoms with E-state index in [-0.39, 0.29) is 17.7 Å². The van der Waals surface area contributed by atoms with Crippen LogP contribution in [-0.4, -0.2) is 28.9 Å². The van der Waals surface area contributed by atoms with Gasteiger partial charge in [0.2, 0.25) is 5.91 Å². The minimum absolute atomic E-state index is 0.00521. The fourth-order valence-corrected chi connectivity index (χ4v) is 4.60. The Morgan fingerprint density at radius 2 is 1.77 bits per heavy atom. The quantitative estimate of drug-likeness (QED) is 0.497. The minimum Gasteiger partial charge on any atom is -0.497 e. The number of benzene rings is 1. The Kier molecular flexibility index (Phi) is 7.17. The predicted octanol–water partition coefficient (Wildman–Crippen LogP) is 5.21. The van der Waals surface area contributed by atoms with E-state index in [1.807, 2.05) is 26.2 Å². The second-order valence-corrected chi connectivity index (χ2v) is 8.51. The van der Waals surface area contributed by atoms with E-state index in [2.05, 4.69) is 20.6 Å². The van der Waals surface area contributed by atoms with Crippen LogP contribution in [0.1, 0.15) is 42.7 Å². The SMILES string of the molecule is CCC(CC)C(=O)Nc1nc(-c2sc(NC(=O)c3ccc(OC)cc3)nc2C)cs1. The van der Waals surface area contributed by atoms with Crippen LogP contribution < -0.4 is 15.4 Å². The summed E-state index contributed by atoms with van der Waals surface area (Å²) >= 11 is 2.73. The number of methoxy groups -OCH3 is 1. The molecule has 3 aromatic rings. The third-order valence-corrected chi connectivity index (χ3v) is 6.55. The number of aromatic nitrogens is 2. The Morgan fingerprint density at radius 1 is 1.07 bits per heavy atom. The van der Waals surface area contributed by atoms with Gasteiger partial charge in [-0.1, -0.05) is 25.2 Å². The van der Waals surface area contributed by atoms with Crippen LogP contribution in [0.25, 0.3) is 10.6 Å². The van der Waals surface area contributed by atoms with Crippen molar-refractivity contribution in [2.45, 2.75) is 33.6 Å². The number of hydrogen-bond acceptors (Lipinski definition) is 7. The number of nitrogens with zero attached hydrogens (tertiary/aromatic N) is 2. The molecular weight excluding hydrogens is 420 g/mol. The molecule has 0 fully saturated rings. The molecule has 2 aromatic heterocycles. The van der Waals surface area contributed by atoms with Crippen LogP contribution in [0.15, 0.2) is 29.6 Å². The van der Waals surface area contributed by atoms with Crippen LogP contribution in [0.5, 0.6) is 5.75 Å². The molecule has 0 radical (unpaired) electrons. The first-order chi connectivity index (χ1) is 14.4. The molecule has 2 amide bonds. The number of rotatable bonds is 8. The predicted molar refractivity (Wildman–Crippen MR) is 122 cm³/mol. The van der Waals surface area contributed by atoms with Gasteiger partial charge >= 0.3 is 0 Å². The first-order valence-corrected chi connectivity index (χ1v) is 11.3. The van der Waals surface area contributed by atoms with Crippen molar-refractivity contribution in [1.29, 1.82) is 0 Å². The summed E-state index contributed by atoms with van der Waals surface area (Å²) in [7, 11) is 1.58. The minimum atomic E-state index is -0.241. The van der Waals surface area contributed by atoms with E-state index < -0.39 is 0 Å². The standard InChI is InChI=1S/C21H24N4O3S2/c1-5-13(6-2)18(26)24-20-23-16(11-29-20)17-12(3)22-21(30-17)25-19(27)14-7-9-15(28-4)10-8-14/h7-11,13H,5-6H2,1-4H3,(H,22,25,27)(H,23,24,26). The zero-order chi connectivity index (χ0) is 21.7. The average molecular weight is 445 g/mol. The molecule has 0 bridgehead atoms. The maximum absolute atomic E-state index is 12.5. The number of anilines is 2. The molecule has 3 rings (SSSR count). The Bertz CT molecular complexity index is 1020. The molecule has 1 aromatic carbocycles. The molecule has 2 heterocycles. The largest absolute Gasteiger partial charge is 0.497 e. The summed E-state index contributed by atoms with van der Waals surface area (Å²) in [4.78, 5) is 34.6. The zero-order valence-corrected chi connectivity index (χ0v) is 18.9. The summed E-state index contributed by atoms with van der Waals surface area (Å²) in [6.45, 7) is 5.88. The highest BCUT2D eigenvalue weighted by molar-refractivity contribution is 7.20. The van der Waals surface area contributed by atoms with Gasteiger partial charge in [-0.2, -0.15) is 0 Å². The van der Waals surface area contributed by atoms with Gasteiger partial charge in [-0.25, -0.2) is 9.97 Å². The molecule has 158 valence electrons. The summed E-state index contributed by atoms with van der Waals surface area (Å²) in [5.74, 6) is 0.431. The van der Waals surface area contributed by atoms with E-state index in [0.29, 0.717) is 21.6 Å². The fraction of sp³-hybridized carbons (Fsp3) is 0.333. The monoisotopic (exact) mass is 444 g/mol. The third-order valence-electron chi connectivity index (χ3n) is 4.69. The highest BCUT2D eigenvalue weighted by Crippen LogP contribution is 2.35. The van der Waals surface area contributed by atoms with Crippen molar-refractivity contribution in [3.05, 3.63) is 40.9 Å². The van der Waals surface area contributed by atoms with Gasteiger partial charge in [0.15, 0.2) is 10.3 Å². The van der Waals surface area contributed by atoms with Crippen LogP contribution >= 0.6 is 22.7 Å². The second-order valence-electron chi connectivity index (χ2n) is 6.66. The van der Waals surface area contributed by atoms with E-state index in [1.54, 1.807) is 31.4 Å². The zero-order valence-electron chi connectivity index (χ0n) is 17.3. The number of carbonyl (C=O) groups is 2. The number of ether oxygens (including phenoxy) is 1. The lowest BCUT2D eigenvalue weighted by atomic mass is 10.0. The molecule has 0 spiro atoms. The Balaban J connectivity index is 1.71. The van der Waals surface area contributed by atoms with Gasteiger partial charge in [0.25, 0.3) is 5.91 Å². The highest BCUT2D eigenvalue weighted by Gasteiger charge is 2.18. The molecule has 30 heavy (non-hydrogen) atoms. The molecule has 0 unspecified atom stereocenters. The van der Waals surface area contributed by atoms with Crippen LogP contribution in [-0.2, 0) is 4.79 Å². The summed E-state index contributed by atoms with van der Waals surface area (Å²) in [6.07, 6.45) is 1.59. The lowest BCUT2D eigenvalue weighted by Gasteiger charge is -2.10. The Labute approximate surface area is 183 Å². The van der Waals surface area contributed by atoms with Crippen molar-refractivity contribution >= 4 is 44.8 Å². The van der Waals surface area contributed by atoms with Gasteiger partial charge in [0.1, 0.15) is 5.75 Å². The summed E-state index contributed by atoms with van der Waals surface area (Å²) in [5, 5.41) is 8.68. The van der Waals surface area contributed by atoms with E-state index in [4.69, 9.17) is 4.74 Å². The summed E-state index contributed by atoms with van der Waals surface area (Å²) in [5.41, 5.74) is 2.03. The molecular formula is C21H24N4O3S2. The second kappa shape index (κ2) is 9.82. The lowest BCUT2D eigenvalue weighted by Crippen LogP contribution is -2.21. The summed E-state index contributed by atoms with van der Waals surface area (Å²) in [6, 6.07) is 6.87. The van der Waals surface area contributed by atoms with Gasteiger partial charge in [0.05, 0.1) is 23.4 Å². The van der Waals surface area contributed by atoms with E-state index in [9.17, 15) is 9.59 Å². The number of hydrogen-bond donors (Lipinski definition) is 2. The van der Waals surface area contributed by atoms with Crippen molar-refractivity contribution in [2.75, 3.05) is 17.7 Å². The fourth-order valence-electron chi connectivity index (χ4n) is 2.90. The molecule has 0 aliphatic heterocycles. The smallest absolute Gasteiger partial charge is 0.257 e. The van der Waals surface area contributed by atoms with Gasteiger partial charge in [-0.3, -0.25) is 14.9 Å². The van der Waals surface area contributed by atoms with Gasteiger partial charge in [-0.05, 0) is 44.0 Å². The van der Waals surface area contributed by atoms with Crippen molar-refractivity contribution in [2.24, 2.45) is 5.92 Å². The van der Waals surface area contributed by atoms with E-state index >= 15 is 0 Å². The Morgan fingerprint density at radius 3 is 2.40 bits per heavy atom. The topological polar surface area (TPSA) is 93.2 Å². The molecule has 7 nitrogen and oxygen atoms in total. The molecule has 0 atom stereocenters. The normalized spacial score (nSPS) is 10.8. The maximum atomic E-state index is 12.5. The summed E-state index contributed by atoms with van der Waals surface area (Å²) < 4.78 is 5.11. The van der Waals surface area contributed by atoms with E-state index in [0.717, 1.165) is 29.1 Å². The molecule has 0 saturated carbocycles. The third kappa shape index (κ3) is 5.03. The van der Waals surface area contributed by atoms with Crippen LogP contribution in [0.2, 0.25) is 0 Å². The van der Waals surface area contributed by atoms with Gasteiger partial charge in [-0.15, -0.1) is 11.3 Å². The highest BCUT2D eigenvalue weighted by atomic mass is 32.1. The van der Waals surface area contributed by atoms with Gasteiger partial charge in [0, 0.05) is 16.9 Å². The van der Waals surface area contributed by atoms with Crippen molar-refractivity contribution in [3.8, 4) is 16.3 Å². The molecule has 2 N–H and O–H groups in total. The average Bonchev–Trinajstić information content (AvgIpc) is 3.35. The van der Waals surface area contributed by atoms with Crippen molar-refractivity contribution in [3.63, 3.8) is 0 Å².